The van der Waals surface area contributed by atoms with Crippen molar-refractivity contribution in [2.45, 2.75) is 20.4 Å². The first-order valence-electron chi connectivity index (χ1n) is 10.7. The summed E-state index contributed by atoms with van der Waals surface area (Å²) in [5, 5.41) is 17.3. The molecule has 34 heavy (non-hydrogen) atoms. The quantitative estimate of drug-likeness (QED) is 0.297. The van der Waals surface area contributed by atoms with Gasteiger partial charge in [-0.1, -0.05) is 36.8 Å². The molecule has 0 radical (unpaired) electrons. The molecular weight excluding hydrogens is 434 g/mol. The molecule has 9 heteroatoms. The average Bonchev–Trinajstić information content (AvgIpc) is 2.83. The zero-order valence-corrected chi connectivity index (χ0v) is 19.0. The molecule has 0 aliphatic heterocycles. The van der Waals surface area contributed by atoms with Gasteiger partial charge in [-0.2, -0.15) is 0 Å². The highest BCUT2D eigenvalue weighted by Crippen LogP contribution is 2.23. The van der Waals surface area contributed by atoms with Gasteiger partial charge in [0.2, 0.25) is 5.96 Å². The van der Waals surface area contributed by atoms with Gasteiger partial charge in [-0.05, 0) is 48.9 Å². The summed E-state index contributed by atoms with van der Waals surface area (Å²) >= 11 is 0. The molecule has 1 heterocycles. The number of aliphatic carboxylic acids is 1. The van der Waals surface area contributed by atoms with Gasteiger partial charge in [0.15, 0.2) is 0 Å². The molecule has 0 fully saturated rings. The first-order valence-corrected chi connectivity index (χ1v) is 10.7. The van der Waals surface area contributed by atoms with Crippen molar-refractivity contribution in [3.05, 3.63) is 84.2 Å². The number of hydrogen-bond acceptors (Lipinski definition) is 5. The van der Waals surface area contributed by atoms with Gasteiger partial charge >= 0.3 is 12.0 Å². The number of carboxylic acid groups (broad SMARTS) is 1. The molecule has 1 atom stereocenters. The monoisotopic (exact) mass is 461 g/mol. The zero-order chi connectivity index (χ0) is 24.3. The van der Waals surface area contributed by atoms with Crippen molar-refractivity contribution in [3.8, 4) is 11.5 Å². The van der Waals surface area contributed by atoms with Gasteiger partial charge in [-0.15, -0.1) is 0 Å². The number of urea groups is 1. The number of amides is 2. The van der Waals surface area contributed by atoms with Crippen molar-refractivity contribution >= 4 is 23.6 Å². The van der Waals surface area contributed by atoms with Crippen LogP contribution in [0.2, 0.25) is 0 Å². The second kappa shape index (κ2) is 12.0. The number of ether oxygens (including phenoxy) is 1. The molecule has 0 saturated heterocycles. The fraction of sp³-hybridized carbons (Fsp3) is 0.200. The van der Waals surface area contributed by atoms with Crippen LogP contribution in [-0.4, -0.2) is 34.6 Å². The van der Waals surface area contributed by atoms with Crippen LogP contribution >= 0.6 is 0 Å². The molecule has 1 aromatic heterocycles. The number of aromatic nitrogens is 1. The van der Waals surface area contributed by atoms with Gasteiger partial charge in [0, 0.05) is 19.3 Å². The lowest BCUT2D eigenvalue weighted by atomic mass is 10.1. The van der Waals surface area contributed by atoms with Crippen LogP contribution < -0.4 is 20.7 Å². The summed E-state index contributed by atoms with van der Waals surface area (Å²) in [6, 6.07) is 18.0. The zero-order valence-electron chi connectivity index (χ0n) is 19.0. The highest BCUT2D eigenvalue weighted by atomic mass is 16.5. The fourth-order valence-electron chi connectivity index (χ4n) is 2.75. The Morgan fingerprint density at radius 3 is 2.41 bits per heavy atom. The van der Waals surface area contributed by atoms with Crippen LogP contribution in [0.3, 0.4) is 0 Å². The van der Waals surface area contributed by atoms with Crippen LogP contribution in [0.15, 0.2) is 78.0 Å². The molecule has 0 spiro atoms. The minimum atomic E-state index is -0.986. The van der Waals surface area contributed by atoms with E-state index in [2.05, 4.69) is 25.9 Å². The summed E-state index contributed by atoms with van der Waals surface area (Å²) in [6.45, 7) is 3.96. The molecule has 4 N–H and O–H groups in total. The van der Waals surface area contributed by atoms with Gasteiger partial charge in [-0.25, -0.2) is 9.79 Å². The Balaban J connectivity index is 1.69. The SMILES string of the molecule is Cc1ccc(CN/C(=N/c2ccc(Oc3cccnc3)cc2)NC(=O)NC[C@H](C)C(=O)O)cc1. The Labute approximate surface area is 197 Å². The number of nitrogens with one attached hydrogen (secondary N) is 3. The Morgan fingerprint density at radius 2 is 1.76 bits per heavy atom. The van der Waals surface area contributed by atoms with E-state index in [0.717, 1.165) is 11.1 Å². The standard InChI is InChI=1S/C25H27N5O4/c1-17-5-7-19(8-6-17)15-27-24(30-25(33)28-14-18(2)23(31)32)29-20-9-11-21(12-10-20)34-22-4-3-13-26-16-22/h3-13,16,18H,14-15H2,1-2H3,(H,31,32)(H3,27,28,29,30,33)/t18-/m0/s1. The number of guanidine groups is 1. The van der Waals surface area contributed by atoms with E-state index in [1.165, 1.54) is 6.92 Å². The number of hydrogen-bond donors (Lipinski definition) is 4. The number of benzene rings is 2. The summed E-state index contributed by atoms with van der Waals surface area (Å²) in [5.41, 5.74) is 2.75. The van der Waals surface area contributed by atoms with E-state index in [9.17, 15) is 9.59 Å². The highest BCUT2D eigenvalue weighted by Gasteiger charge is 2.13. The minimum absolute atomic E-state index is 0.00716. The summed E-state index contributed by atoms with van der Waals surface area (Å²) in [5.74, 6) is -0.233. The number of carbonyl (C=O) groups is 2. The molecule has 2 amide bonds. The number of pyridine rings is 1. The molecule has 0 aliphatic carbocycles. The molecule has 176 valence electrons. The van der Waals surface area contributed by atoms with E-state index < -0.39 is 17.9 Å². The number of rotatable bonds is 8. The predicted molar refractivity (Wildman–Crippen MR) is 129 cm³/mol. The van der Waals surface area contributed by atoms with E-state index in [1.54, 1.807) is 48.8 Å². The smallest absolute Gasteiger partial charge is 0.321 e. The Bertz CT molecular complexity index is 1120. The van der Waals surface area contributed by atoms with Gasteiger partial charge < -0.3 is 20.5 Å². The van der Waals surface area contributed by atoms with Crippen molar-refractivity contribution in [3.63, 3.8) is 0 Å². The van der Waals surface area contributed by atoms with Crippen molar-refractivity contribution in [1.29, 1.82) is 0 Å². The average molecular weight is 462 g/mol. The Hall–Kier alpha value is -4.40. The van der Waals surface area contributed by atoms with Gasteiger partial charge in [0.1, 0.15) is 11.5 Å². The summed E-state index contributed by atoms with van der Waals surface area (Å²) in [7, 11) is 0. The third-order valence-corrected chi connectivity index (χ3v) is 4.75. The third kappa shape index (κ3) is 7.94. The number of nitrogens with zero attached hydrogens (tertiary/aromatic N) is 2. The van der Waals surface area contributed by atoms with Crippen molar-refractivity contribution < 1.29 is 19.4 Å². The first-order chi connectivity index (χ1) is 16.4. The number of carboxylic acids is 1. The van der Waals surface area contributed by atoms with Crippen molar-refractivity contribution in [1.82, 2.24) is 20.9 Å². The van der Waals surface area contributed by atoms with Crippen LogP contribution in [0.25, 0.3) is 0 Å². The van der Waals surface area contributed by atoms with E-state index in [1.807, 2.05) is 31.2 Å². The molecule has 0 unspecified atom stereocenters. The van der Waals surface area contributed by atoms with Gasteiger partial charge in [0.25, 0.3) is 0 Å². The molecular formula is C25H27N5O4. The van der Waals surface area contributed by atoms with Crippen LogP contribution in [0.1, 0.15) is 18.1 Å². The summed E-state index contributed by atoms with van der Waals surface area (Å²) < 4.78 is 5.74. The van der Waals surface area contributed by atoms with E-state index in [0.29, 0.717) is 23.7 Å². The van der Waals surface area contributed by atoms with Crippen LogP contribution in [0.4, 0.5) is 10.5 Å². The molecule has 3 aromatic rings. The van der Waals surface area contributed by atoms with Gasteiger partial charge in [-0.3, -0.25) is 15.1 Å². The lowest BCUT2D eigenvalue weighted by Crippen LogP contribution is -2.47. The maximum Gasteiger partial charge on any atom is 0.321 e. The fourth-order valence-corrected chi connectivity index (χ4v) is 2.75. The number of aryl methyl sites for hydroxylation is 1. The first kappa shape index (κ1) is 24.2. The topological polar surface area (TPSA) is 125 Å². The third-order valence-electron chi connectivity index (χ3n) is 4.75. The van der Waals surface area contributed by atoms with Crippen molar-refractivity contribution in [2.75, 3.05) is 6.54 Å². The highest BCUT2D eigenvalue weighted by molar-refractivity contribution is 5.97. The molecule has 9 nitrogen and oxygen atoms in total. The summed E-state index contributed by atoms with van der Waals surface area (Å²) in [4.78, 5) is 31.8. The van der Waals surface area contributed by atoms with Crippen LogP contribution in [-0.2, 0) is 11.3 Å². The van der Waals surface area contributed by atoms with Crippen molar-refractivity contribution in [2.24, 2.45) is 10.9 Å². The summed E-state index contributed by atoms with van der Waals surface area (Å²) in [6.07, 6.45) is 3.29. The van der Waals surface area contributed by atoms with Crippen LogP contribution in [0, 0.1) is 12.8 Å². The number of aliphatic imine (C=N–C) groups is 1. The Morgan fingerprint density at radius 1 is 1.03 bits per heavy atom. The molecule has 0 aliphatic rings. The lowest BCUT2D eigenvalue weighted by molar-refractivity contribution is -0.140. The van der Waals surface area contributed by atoms with E-state index in [-0.39, 0.29) is 12.5 Å². The maximum atomic E-state index is 12.3. The minimum Gasteiger partial charge on any atom is -0.481 e. The largest absolute Gasteiger partial charge is 0.481 e. The lowest BCUT2D eigenvalue weighted by Gasteiger charge is -2.14. The second-order valence-electron chi connectivity index (χ2n) is 7.66. The molecule has 3 rings (SSSR count). The van der Waals surface area contributed by atoms with Gasteiger partial charge in [0.05, 0.1) is 17.8 Å². The van der Waals surface area contributed by atoms with E-state index >= 15 is 0 Å². The molecule has 0 bridgehead atoms. The second-order valence-corrected chi connectivity index (χ2v) is 7.66. The number of carbonyl (C=O) groups excluding carboxylic acids is 1. The Kier molecular flexibility index (Phi) is 8.56. The normalized spacial score (nSPS) is 11.9. The maximum absolute atomic E-state index is 12.3. The van der Waals surface area contributed by atoms with E-state index in [4.69, 9.17) is 9.84 Å². The van der Waals surface area contributed by atoms with Crippen LogP contribution in [0.5, 0.6) is 11.5 Å². The molecule has 2 aromatic carbocycles. The molecule has 0 saturated carbocycles. The predicted octanol–water partition coefficient (Wildman–Crippen LogP) is 3.98.